The van der Waals surface area contributed by atoms with Crippen molar-refractivity contribution in [3.05, 3.63) is 29.8 Å². The average Bonchev–Trinajstić information content (AvgIpc) is 3.01. The molecule has 4 unspecified atom stereocenters. The predicted octanol–water partition coefficient (Wildman–Crippen LogP) is 3.12. The van der Waals surface area contributed by atoms with Gasteiger partial charge in [0.25, 0.3) is 0 Å². The summed E-state index contributed by atoms with van der Waals surface area (Å²) in [7, 11) is 1.63. The number of carbonyl (C=O) groups excluding carboxylic acids is 1. The van der Waals surface area contributed by atoms with Gasteiger partial charge in [-0.05, 0) is 49.3 Å². The van der Waals surface area contributed by atoms with Gasteiger partial charge in [0, 0.05) is 12.0 Å². The van der Waals surface area contributed by atoms with E-state index in [1.54, 1.807) is 12.0 Å². The van der Waals surface area contributed by atoms with Crippen LogP contribution in [0.3, 0.4) is 0 Å². The molecule has 136 valence electrons. The molecular formula is C20H27NO4. The summed E-state index contributed by atoms with van der Waals surface area (Å²) in [6.07, 6.45) is 5.45. The number of methoxy groups -OCH3 is 1. The molecule has 1 N–H and O–H groups in total. The van der Waals surface area contributed by atoms with Crippen LogP contribution in [0.2, 0.25) is 0 Å². The van der Waals surface area contributed by atoms with Crippen LogP contribution in [0.25, 0.3) is 0 Å². The zero-order valence-corrected chi connectivity index (χ0v) is 15.0. The monoisotopic (exact) mass is 345 g/mol. The summed E-state index contributed by atoms with van der Waals surface area (Å²) < 4.78 is 5.16. The lowest BCUT2D eigenvalue weighted by molar-refractivity contribution is -0.151. The highest BCUT2D eigenvalue weighted by molar-refractivity contribution is 5.86. The van der Waals surface area contributed by atoms with Crippen LogP contribution in [-0.2, 0) is 16.0 Å². The minimum atomic E-state index is -0.862. The van der Waals surface area contributed by atoms with Crippen molar-refractivity contribution in [2.75, 3.05) is 7.11 Å². The molecule has 3 rings (SSSR count). The summed E-state index contributed by atoms with van der Waals surface area (Å²) in [4.78, 5) is 26.5. The van der Waals surface area contributed by atoms with E-state index in [0.717, 1.165) is 37.0 Å². The van der Waals surface area contributed by atoms with Gasteiger partial charge in [0.15, 0.2) is 0 Å². The van der Waals surface area contributed by atoms with Crippen LogP contribution in [-0.4, -0.2) is 41.1 Å². The Bertz CT molecular complexity index is 627. The molecule has 1 aliphatic heterocycles. The van der Waals surface area contributed by atoms with Crippen molar-refractivity contribution < 1.29 is 19.4 Å². The summed E-state index contributed by atoms with van der Waals surface area (Å²) in [6.45, 7) is 1.90. The Morgan fingerprint density at radius 3 is 2.56 bits per heavy atom. The first-order valence-corrected chi connectivity index (χ1v) is 9.19. The molecule has 2 aliphatic rings. The fourth-order valence-electron chi connectivity index (χ4n) is 4.45. The number of hydrogen-bond donors (Lipinski definition) is 1. The first-order valence-electron chi connectivity index (χ1n) is 9.19. The largest absolute Gasteiger partial charge is 0.497 e. The van der Waals surface area contributed by atoms with E-state index >= 15 is 0 Å². The Morgan fingerprint density at radius 2 is 1.92 bits per heavy atom. The number of nitrogens with zero attached hydrogens (tertiary/aromatic N) is 1. The quantitative estimate of drug-likeness (QED) is 0.890. The summed E-state index contributed by atoms with van der Waals surface area (Å²) in [5.41, 5.74) is 1.06. The molecule has 5 nitrogen and oxygen atoms in total. The van der Waals surface area contributed by atoms with Crippen molar-refractivity contribution >= 4 is 11.9 Å². The number of carboxylic acids is 1. The Kier molecular flexibility index (Phi) is 5.30. The van der Waals surface area contributed by atoms with Gasteiger partial charge in [-0.2, -0.15) is 0 Å². The zero-order valence-electron chi connectivity index (χ0n) is 15.0. The molecule has 1 aliphatic carbocycles. The lowest BCUT2D eigenvalue weighted by atomic mass is 9.84. The third-order valence-electron chi connectivity index (χ3n) is 5.75. The van der Waals surface area contributed by atoms with Gasteiger partial charge < -0.3 is 14.7 Å². The summed E-state index contributed by atoms with van der Waals surface area (Å²) in [6, 6.07) is 7.16. The smallest absolute Gasteiger partial charge is 0.326 e. The van der Waals surface area contributed by atoms with Gasteiger partial charge >= 0.3 is 5.97 Å². The predicted molar refractivity (Wildman–Crippen MR) is 94.5 cm³/mol. The van der Waals surface area contributed by atoms with Gasteiger partial charge in [-0.3, -0.25) is 4.79 Å². The number of hydrogen-bond acceptors (Lipinski definition) is 3. The lowest BCUT2D eigenvalue weighted by Gasteiger charge is -2.34. The van der Waals surface area contributed by atoms with Gasteiger partial charge in [0.2, 0.25) is 5.91 Å². The molecule has 0 spiro atoms. The molecule has 5 heteroatoms. The molecule has 4 atom stereocenters. The maximum absolute atomic E-state index is 13.1. The van der Waals surface area contributed by atoms with Crippen LogP contribution in [0.15, 0.2) is 24.3 Å². The Labute approximate surface area is 149 Å². The lowest BCUT2D eigenvalue weighted by Crippen LogP contribution is -2.48. The van der Waals surface area contributed by atoms with E-state index in [1.165, 1.54) is 0 Å². The molecule has 1 saturated heterocycles. The molecule has 0 bridgehead atoms. The van der Waals surface area contributed by atoms with Crippen molar-refractivity contribution in [3.8, 4) is 5.75 Å². The highest BCUT2D eigenvalue weighted by atomic mass is 16.5. The van der Waals surface area contributed by atoms with Crippen molar-refractivity contribution in [1.82, 2.24) is 4.90 Å². The first kappa shape index (κ1) is 17.8. The minimum Gasteiger partial charge on any atom is -0.497 e. The average molecular weight is 345 g/mol. The molecule has 25 heavy (non-hydrogen) atoms. The van der Waals surface area contributed by atoms with E-state index in [-0.39, 0.29) is 17.9 Å². The summed E-state index contributed by atoms with van der Waals surface area (Å²) in [5, 5.41) is 9.60. The molecule has 1 saturated carbocycles. The molecule has 0 radical (unpaired) electrons. The van der Waals surface area contributed by atoms with E-state index in [9.17, 15) is 14.7 Å². The molecule has 1 amide bonds. The van der Waals surface area contributed by atoms with Crippen LogP contribution < -0.4 is 4.74 Å². The number of likely N-dealkylation sites (tertiary alicyclic amines) is 1. The normalized spacial score (nSPS) is 26.8. The molecule has 1 aromatic carbocycles. The fourth-order valence-corrected chi connectivity index (χ4v) is 4.45. The maximum atomic E-state index is 13.1. The second-order valence-electron chi connectivity index (χ2n) is 7.40. The van der Waals surface area contributed by atoms with E-state index in [0.29, 0.717) is 18.8 Å². The van der Waals surface area contributed by atoms with Crippen LogP contribution >= 0.6 is 0 Å². The number of aliphatic carboxylic acids is 1. The number of ether oxygens (including phenoxy) is 1. The van der Waals surface area contributed by atoms with Crippen molar-refractivity contribution in [1.29, 1.82) is 0 Å². The highest BCUT2D eigenvalue weighted by Crippen LogP contribution is 2.40. The van der Waals surface area contributed by atoms with Crippen molar-refractivity contribution in [2.24, 2.45) is 11.8 Å². The Balaban J connectivity index is 1.73. The summed E-state index contributed by atoms with van der Waals surface area (Å²) >= 11 is 0. The molecule has 0 aromatic heterocycles. The van der Waals surface area contributed by atoms with E-state index < -0.39 is 12.0 Å². The second kappa shape index (κ2) is 7.46. The van der Waals surface area contributed by atoms with E-state index in [2.05, 4.69) is 0 Å². The SMILES string of the molecule is COc1ccc(CC(C)C(=O)N2C(C(=O)O)CC3CCCCC32)cc1. The fraction of sp³-hybridized carbons (Fsp3) is 0.600. The highest BCUT2D eigenvalue weighted by Gasteiger charge is 2.48. The number of carbonyl (C=O) groups is 2. The van der Waals surface area contributed by atoms with Gasteiger partial charge in [-0.15, -0.1) is 0 Å². The van der Waals surface area contributed by atoms with E-state index in [4.69, 9.17) is 4.74 Å². The van der Waals surface area contributed by atoms with Crippen LogP contribution in [0.5, 0.6) is 5.75 Å². The van der Waals surface area contributed by atoms with Gasteiger partial charge in [-0.1, -0.05) is 31.9 Å². The number of fused-ring (bicyclic) bond motifs is 1. The topological polar surface area (TPSA) is 66.8 Å². The van der Waals surface area contributed by atoms with Gasteiger partial charge in [0.05, 0.1) is 7.11 Å². The number of amides is 1. The van der Waals surface area contributed by atoms with Crippen molar-refractivity contribution in [3.63, 3.8) is 0 Å². The number of rotatable bonds is 5. The van der Waals surface area contributed by atoms with Crippen LogP contribution in [0.4, 0.5) is 0 Å². The van der Waals surface area contributed by atoms with Gasteiger partial charge in [-0.25, -0.2) is 4.79 Å². The van der Waals surface area contributed by atoms with Crippen LogP contribution in [0, 0.1) is 11.8 Å². The third-order valence-corrected chi connectivity index (χ3v) is 5.75. The van der Waals surface area contributed by atoms with Crippen molar-refractivity contribution in [2.45, 2.75) is 57.5 Å². The molecule has 2 fully saturated rings. The molecular weight excluding hydrogens is 318 g/mol. The van der Waals surface area contributed by atoms with Crippen LogP contribution in [0.1, 0.15) is 44.6 Å². The Morgan fingerprint density at radius 1 is 1.24 bits per heavy atom. The van der Waals surface area contributed by atoms with E-state index in [1.807, 2.05) is 31.2 Å². The minimum absolute atomic E-state index is 0.0161. The number of carboxylic acid groups (broad SMARTS) is 1. The molecule has 1 aromatic rings. The second-order valence-corrected chi connectivity index (χ2v) is 7.40. The standard InChI is InChI=1S/C20H27NO4/c1-13(11-14-7-9-16(25-2)10-8-14)19(22)21-17-6-4-3-5-15(17)12-18(21)20(23)24/h7-10,13,15,17-18H,3-6,11-12H2,1-2H3,(H,23,24). The maximum Gasteiger partial charge on any atom is 0.326 e. The Hall–Kier alpha value is -2.04. The molecule has 1 heterocycles. The number of benzene rings is 1. The third kappa shape index (κ3) is 3.65. The first-order chi connectivity index (χ1) is 12.0. The van der Waals surface area contributed by atoms with Gasteiger partial charge in [0.1, 0.15) is 11.8 Å². The zero-order chi connectivity index (χ0) is 18.0. The summed E-state index contributed by atoms with van der Waals surface area (Å²) in [5.74, 6) is 0.0400.